The third kappa shape index (κ3) is 3.03. The molecule has 1 atom stereocenters. The number of hydrogen-bond donors (Lipinski definition) is 1. The highest BCUT2D eigenvalue weighted by atomic mass is 32.1. The highest BCUT2D eigenvalue weighted by molar-refractivity contribution is 7.80. The van der Waals surface area contributed by atoms with Gasteiger partial charge in [0, 0.05) is 25.6 Å². The van der Waals surface area contributed by atoms with Crippen LogP contribution in [0.5, 0.6) is 0 Å². The Bertz CT molecular complexity index is 484. The number of thiocarbonyl (C=S) groups is 1. The van der Waals surface area contributed by atoms with Crippen molar-refractivity contribution >= 4 is 17.2 Å². The van der Waals surface area contributed by atoms with Crippen molar-refractivity contribution in [2.75, 3.05) is 13.1 Å². The van der Waals surface area contributed by atoms with Crippen molar-refractivity contribution in [1.82, 2.24) is 19.7 Å². The Morgan fingerprint density at radius 3 is 2.68 bits per heavy atom. The molecule has 106 valence electrons. The molecule has 2 N–H and O–H groups in total. The summed E-state index contributed by atoms with van der Waals surface area (Å²) in [6, 6.07) is 0. The van der Waals surface area contributed by atoms with Crippen LogP contribution in [-0.4, -0.2) is 37.7 Å². The Kier molecular flexibility index (Phi) is 3.77. The maximum atomic E-state index is 12.7. The van der Waals surface area contributed by atoms with Gasteiger partial charge >= 0.3 is 6.18 Å². The van der Waals surface area contributed by atoms with E-state index in [0.717, 1.165) is 4.57 Å². The number of fused-ring (bicyclic) bond motifs is 1. The van der Waals surface area contributed by atoms with E-state index in [1.165, 1.54) is 0 Å². The monoisotopic (exact) mass is 293 g/mol. The van der Waals surface area contributed by atoms with Crippen LogP contribution in [0.25, 0.3) is 0 Å². The average molecular weight is 293 g/mol. The summed E-state index contributed by atoms with van der Waals surface area (Å²) in [7, 11) is 0. The molecule has 0 amide bonds. The van der Waals surface area contributed by atoms with E-state index in [-0.39, 0.29) is 12.5 Å². The van der Waals surface area contributed by atoms with Crippen LogP contribution >= 0.6 is 12.2 Å². The van der Waals surface area contributed by atoms with Crippen LogP contribution in [0.2, 0.25) is 0 Å². The summed E-state index contributed by atoms with van der Waals surface area (Å²) in [4.78, 5) is 2.39. The van der Waals surface area contributed by atoms with Crippen molar-refractivity contribution in [2.45, 2.75) is 26.2 Å². The fourth-order valence-electron chi connectivity index (χ4n) is 2.05. The topological polar surface area (TPSA) is 60.0 Å². The van der Waals surface area contributed by atoms with Crippen molar-refractivity contribution in [1.29, 1.82) is 0 Å². The number of hydrogen-bond acceptors (Lipinski definition) is 4. The Labute approximate surface area is 113 Å². The smallest absolute Gasteiger partial charge is 0.393 e. The van der Waals surface area contributed by atoms with Gasteiger partial charge in [0.15, 0.2) is 0 Å². The van der Waals surface area contributed by atoms with Gasteiger partial charge in [0.25, 0.3) is 0 Å². The summed E-state index contributed by atoms with van der Waals surface area (Å²) in [5.74, 6) is -0.579. The number of aromatic nitrogens is 3. The fraction of sp³-hybridized carbons (Fsp3) is 0.700. The second kappa shape index (κ2) is 5.04. The number of nitrogens with two attached hydrogens (primary N) is 1. The standard InChI is InChI=1S/C10H14F3N5S/c1-6(8(14)19)4-17-2-3-18-7(5-17)15-16-9(18)10(11,12)13/h6H,2-5H2,1H3,(H2,14,19). The molecule has 0 fully saturated rings. The summed E-state index contributed by atoms with van der Waals surface area (Å²) in [6.45, 7) is 3.56. The second-order valence-corrected chi connectivity index (χ2v) is 5.10. The molecule has 0 radical (unpaired) electrons. The zero-order valence-electron chi connectivity index (χ0n) is 10.3. The molecule has 0 bridgehead atoms. The molecular formula is C10H14F3N5S. The van der Waals surface area contributed by atoms with E-state index in [2.05, 4.69) is 10.2 Å². The van der Waals surface area contributed by atoms with Gasteiger partial charge in [-0.3, -0.25) is 4.90 Å². The van der Waals surface area contributed by atoms with Crippen molar-refractivity contribution in [3.05, 3.63) is 11.6 Å². The van der Waals surface area contributed by atoms with Gasteiger partial charge in [0.05, 0.1) is 11.5 Å². The lowest BCUT2D eigenvalue weighted by molar-refractivity contribution is -0.148. The molecule has 0 aliphatic carbocycles. The minimum absolute atomic E-state index is 0.0200. The first kappa shape index (κ1) is 14.2. The van der Waals surface area contributed by atoms with Gasteiger partial charge in [-0.1, -0.05) is 19.1 Å². The molecular weight excluding hydrogens is 279 g/mol. The molecule has 1 aromatic heterocycles. The molecule has 0 spiro atoms. The van der Waals surface area contributed by atoms with E-state index in [4.69, 9.17) is 18.0 Å². The Morgan fingerprint density at radius 2 is 2.11 bits per heavy atom. The predicted molar refractivity (Wildman–Crippen MR) is 66.3 cm³/mol. The number of alkyl halides is 3. The Morgan fingerprint density at radius 1 is 1.42 bits per heavy atom. The first-order valence-corrected chi connectivity index (χ1v) is 6.21. The maximum Gasteiger partial charge on any atom is 0.451 e. The molecule has 19 heavy (non-hydrogen) atoms. The van der Waals surface area contributed by atoms with Crippen molar-refractivity contribution < 1.29 is 13.2 Å². The molecule has 9 heteroatoms. The van der Waals surface area contributed by atoms with Gasteiger partial charge in [-0.05, 0) is 0 Å². The van der Waals surface area contributed by atoms with Gasteiger partial charge in [-0.2, -0.15) is 13.2 Å². The summed E-state index contributed by atoms with van der Waals surface area (Å²) in [5, 5.41) is 6.84. The van der Waals surface area contributed by atoms with Crippen LogP contribution in [0.15, 0.2) is 0 Å². The third-order valence-corrected chi connectivity index (χ3v) is 3.51. The Hall–Kier alpha value is -1.22. The molecule has 1 aliphatic rings. The second-order valence-electron chi connectivity index (χ2n) is 4.63. The minimum atomic E-state index is -4.46. The minimum Gasteiger partial charge on any atom is -0.393 e. The molecule has 5 nitrogen and oxygen atoms in total. The van der Waals surface area contributed by atoms with Crippen molar-refractivity contribution in [3.63, 3.8) is 0 Å². The molecule has 0 saturated heterocycles. The lowest BCUT2D eigenvalue weighted by atomic mass is 10.1. The lowest BCUT2D eigenvalue weighted by Gasteiger charge is -2.29. The summed E-state index contributed by atoms with van der Waals surface area (Å²) < 4.78 is 39.1. The van der Waals surface area contributed by atoms with E-state index in [1.54, 1.807) is 0 Å². The Balaban J connectivity index is 2.10. The van der Waals surface area contributed by atoms with E-state index in [0.29, 0.717) is 30.4 Å². The normalized spacial score (nSPS) is 18.1. The van der Waals surface area contributed by atoms with Crippen LogP contribution in [0.1, 0.15) is 18.6 Å². The SMILES string of the molecule is CC(CN1CCn2c(nnc2C(F)(F)F)C1)C(N)=S. The van der Waals surface area contributed by atoms with Crippen LogP contribution < -0.4 is 5.73 Å². The third-order valence-electron chi connectivity index (χ3n) is 3.10. The molecule has 1 unspecified atom stereocenters. The fourth-order valence-corrected chi connectivity index (χ4v) is 2.13. The van der Waals surface area contributed by atoms with Gasteiger partial charge in [-0.15, -0.1) is 10.2 Å². The van der Waals surface area contributed by atoms with Crippen LogP contribution in [-0.2, 0) is 19.3 Å². The highest BCUT2D eigenvalue weighted by Gasteiger charge is 2.39. The molecule has 0 saturated carbocycles. The van der Waals surface area contributed by atoms with Gasteiger partial charge < -0.3 is 10.3 Å². The molecule has 2 heterocycles. The van der Waals surface area contributed by atoms with E-state index < -0.39 is 12.0 Å². The molecule has 1 aromatic rings. The van der Waals surface area contributed by atoms with Crippen LogP contribution in [0.3, 0.4) is 0 Å². The lowest BCUT2D eigenvalue weighted by Crippen LogP contribution is -2.40. The summed E-state index contributed by atoms with van der Waals surface area (Å²) in [6.07, 6.45) is -4.46. The summed E-state index contributed by atoms with van der Waals surface area (Å²) >= 11 is 4.89. The molecule has 1 aliphatic heterocycles. The number of halogens is 3. The van der Waals surface area contributed by atoms with Gasteiger partial charge in [0.2, 0.25) is 5.82 Å². The average Bonchev–Trinajstić information content (AvgIpc) is 2.71. The van der Waals surface area contributed by atoms with Gasteiger partial charge in [0.1, 0.15) is 5.82 Å². The van der Waals surface area contributed by atoms with Gasteiger partial charge in [-0.25, -0.2) is 0 Å². The van der Waals surface area contributed by atoms with Crippen LogP contribution in [0.4, 0.5) is 13.2 Å². The highest BCUT2D eigenvalue weighted by Crippen LogP contribution is 2.29. The first-order valence-electron chi connectivity index (χ1n) is 5.80. The maximum absolute atomic E-state index is 12.7. The first-order chi connectivity index (χ1) is 8.79. The van der Waals surface area contributed by atoms with Crippen LogP contribution in [0, 0.1) is 5.92 Å². The zero-order valence-corrected chi connectivity index (χ0v) is 11.1. The molecule has 2 rings (SSSR count). The van der Waals surface area contributed by atoms with E-state index >= 15 is 0 Å². The number of rotatable bonds is 3. The van der Waals surface area contributed by atoms with Crippen molar-refractivity contribution in [2.24, 2.45) is 11.7 Å². The van der Waals surface area contributed by atoms with E-state index in [1.807, 2.05) is 11.8 Å². The van der Waals surface area contributed by atoms with Crippen molar-refractivity contribution in [3.8, 4) is 0 Å². The predicted octanol–water partition coefficient (Wildman–Crippen LogP) is 1.03. The molecule has 0 aromatic carbocycles. The number of nitrogens with zero attached hydrogens (tertiary/aromatic N) is 4. The zero-order chi connectivity index (χ0) is 14.2. The quantitative estimate of drug-likeness (QED) is 0.844. The largest absolute Gasteiger partial charge is 0.451 e. The van der Waals surface area contributed by atoms with E-state index in [9.17, 15) is 13.2 Å². The summed E-state index contributed by atoms with van der Waals surface area (Å²) in [5.41, 5.74) is 5.53.